The molecule has 0 amide bonds. The highest BCUT2D eigenvalue weighted by Crippen LogP contribution is 2.39. The summed E-state index contributed by atoms with van der Waals surface area (Å²) in [6.07, 6.45) is 0. The molecular formula is C19H25N3O3. The van der Waals surface area contributed by atoms with E-state index in [1.54, 1.807) is 21.3 Å². The minimum atomic E-state index is 0.333. The summed E-state index contributed by atoms with van der Waals surface area (Å²) in [6, 6.07) is 9.75. The van der Waals surface area contributed by atoms with E-state index in [4.69, 9.17) is 19.9 Å². The van der Waals surface area contributed by atoms with Crippen LogP contribution in [-0.2, 0) is 6.54 Å². The molecular weight excluding hydrogens is 318 g/mol. The summed E-state index contributed by atoms with van der Waals surface area (Å²) in [4.78, 5) is 4.39. The van der Waals surface area contributed by atoms with Gasteiger partial charge in [-0.05, 0) is 49.2 Å². The Bertz CT molecular complexity index is 773. The quantitative estimate of drug-likeness (QED) is 0.622. The van der Waals surface area contributed by atoms with Crippen LogP contribution in [0.1, 0.15) is 16.7 Å². The summed E-state index contributed by atoms with van der Waals surface area (Å²) in [7, 11) is 4.74. The first-order valence-electron chi connectivity index (χ1n) is 7.92. The number of benzene rings is 2. The van der Waals surface area contributed by atoms with Crippen molar-refractivity contribution in [2.75, 3.05) is 26.6 Å². The Morgan fingerprint density at radius 2 is 1.68 bits per heavy atom. The Hall–Kier alpha value is -2.89. The topological polar surface area (TPSA) is 78.1 Å². The normalized spacial score (nSPS) is 11.2. The molecule has 3 N–H and O–H groups in total. The number of nitrogens with zero attached hydrogens (tertiary/aromatic N) is 1. The van der Waals surface area contributed by atoms with Crippen molar-refractivity contribution in [2.24, 2.45) is 10.7 Å². The van der Waals surface area contributed by atoms with Gasteiger partial charge in [-0.2, -0.15) is 0 Å². The van der Waals surface area contributed by atoms with Gasteiger partial charge in [0.1, 0.15) is 0 Å². The fourth-order valence-corrected chi connectivity index (χ4v) is 2.46. The molecule has 2 aromatic rings. The van der Waals surface area contributed by atoms with E-state index in [9.17, 15) is 0 Å². The van der Waals surface area contributed by atoms with Crippen molar-refractivity contribution < 1.29 is 14.2 Å². The molecule has 0 atom stereocenters. The number of rotatable bonds is 6. The van der Waals surface area contributed by atoms with Gasteiger partial charge in [-0.25, -0.2) is 4.99 Å². The van der Waals surface area contributed by atoms with Crippen molar-refractivity contribution in [2.45, 2.75) is 20.4 Å². The average molecular weight is 343 g/mol. The second-order valence-corrected chi connectivity index (χ2v) is 5.62. The van der Waals surface area contributed by atoms with E-state index < -0.39 is 0 Å². The SMILES string of the molecule is COc1ccc(CN=C(N)Nc2ccc(C)c(C)c2)c(OC)c1OC. The van der Waals surface area contributed by atoms with Gasteiger partial charge in [-0.3, -0.25) is 0 Å². The number of aryl methyl sites for hydroxylation is 2. The Labute approximate surface area is 148 Å². The van der Waals surface area contributed by atoms with Crippen LogP contribution in [0, 0.1) is 13.8 Å². The molecule has 0 heterocycles. The van der Waals surface area contributed by atoms with Gasteiger partial charge in [0.15, 0.2) is 17.5 Å². The summed E-state index contributed by atoms with van der Waals surface area (Å²) in [5.41, 5.74) is 10.2. The molecule has 0 saturated carbocycles. The van der Waals surface area contributed by atoms with Crippen LogP contribution < -0.4 is 25.3 Å². The first-order valence-corrected chi connectivity index (χ1v) is 7.92. The zero-order valence-corrected chi connectivity index (χ0v) is 15.3. The molecule has 2 rings (SSSR count). The summed E-state index contributed by atoms with van der Waals surface area (Å²) in [5.74, 6) is 2.07. The molecule has 6 nitrogen and oxygen atoms in total. The second kappa shape index (κ2) is 8.28. The molecule has 0 spiro atoms. The van der Waals surface area contributed by atoms with Crippen molar-refractivity contribution in [1.82, 2.24) is 0 Å². The third-order valence-corrected chi connectivity index (χ3v) is 3.98. The molecule has 0 saturated heterocycles. The third-order valence-electron chi connectivity index (χ3n) is 3.98. The van der Waals surface area contributed by atoms with Crippen LogP contribution in [0.25, 0.3) is 0 Å². The smallest absolute Gasteiger partial charge is 0.203 e. The minimum Gasteiger partial charge on any atom is -0.493 e. The molecule has 0 bridgehead atoms. The van der Waals surface area contributed by atoms with Crippen molar-refractivity contribution in [1.29, 1.82) is 0 Å². The maximum absolute atomic E-state index is 6.00. The fraction of sp³-hybridized carbons (Fsp3) is 0.316. The van der Waals surface area contributed by atoms with E-state index in [0.29, 0.717) is 29.8 Å². The monoisotopic (exact) mass is 343 g/mol. The molecule has 25 heavy (non-hydrogen) atoms. The summed E-state index contributed by atoms with van der Waals surface area (Å²) < 4.78 is 16.1. The number of nitrogens with two attached hydrogens (primary N) is 1. The van der Waals surface area contributed by atoms with Crippen LogP contribution in [-0.4, -0.2) is 27.3 Å². The number of methoxy groups -OCH3 is 3. The highest BCUT2D eigenvalue weighted by Gasteiger charge is 2.15. The van der Waals surface area contributed by atoms with E-state index in [1.807, 2.05) is 30.3 Å². The minimum absolute atomic E-state index is 0.333. The Morgan fingerprint density at radius 3 is 2.28 bits per heavy atom. The predicted octanol–water partition coefficient (Wildman–Crippen LogP) is 3.26. The zero-order chi connectivity index (χ0) is 18.4. The summed E-state index contributed by atoms with van der Waals surface area (Å²) in [5, 5.41) is 3.10. The molecule has 0 fully saturated rings. The van der Waals surface area contributed by atoms with Crippen molar-refractivity contribution in [3.05, 3.63) is 47.0 Å². The summed E-state index contributed by atoms with van der Waals surface area (Å²) in [6.45, 7) is 4.48. The number of hydrogen-bond donors (Lipinski definition) is 2. The largest absolute Gasteiger partial charge is 0.493 e. The van der Waals surface area contributed by atoms with Gasteiger partial charge < -0.3 is 25.3 Å². The zero-order valence-electron chi connectivity index (χ0n) is 15.3. The number of hydrogen-bond acceptors (Lipinski definition) is 4. The van der Waals surface area contributed by atoms with Crippen LogP contribution in [0.5, 0.6) is 17.2 Å². The molecule has 0 radical (unpaired) electrons. The molecule has 134 valence electrons. The van der Waals surface area contributed by atoms with Gasteiger partial charge in [0, 0.05) is 11.3 Å². The molecule has 0 unspecified atom stereocenters. The fourth-order valence-electron chi connectivity index (χ4n) is 2.46. The van der Waals surface area contributed by atoms with Gasteiger partial charge in [-0.1, -0.05) is 6.07 Å². The Morgan fingerprint density at radius 1 is 0.960 bits per heavy atom. The second-order valence-electron chi connectivity index (χ2n) is 5.62. The number of ether oxygens (including phenoxy) is 3. The Balaban J connectivity index is 2.18. The van der Waals surface area contributed by atoms with Crippen LogP contribution in [0.2, 0.25) is 0 Å². The number of anilines is 1. The van der Waals surface area contributed by atoms with Gasteiger partial charge in [0.25, 0.3) is 0 Å². The number of aliphatic imine (C=N–C) groups is 1. The van der Waals surface area contributed by atoms with Crippen molar-refractivity contribution in [3.8, 4) is 17.2 Å². The van der Waals surface area contributed by atoms with Crippen LogP contribution in [0.15, 0.2) is 35.3 Å². The molecule has 0 aliphatic carbocycles. The van der Waals surface area contributed by atoms with E-state index in [-0.39, 0.29) is 0 Å². The molecule has 0 aliphatic rings. The average Bonchev–Trinajstić information content (AvgIpc) is 2.61. The van der Waals surface area contributed by atoms with Crippen LogP contribution in [0.3, 0.4) is 0 Å². The Kier molecular flexibility index (Phi) is 6.11. The highest BCUT2D eigenvalue weighted by molar-refractivity contribution is 5.92. The lowest BCUT2D eigenvalue weighted by atomic mass is 10.1. The van der Waals surface area contributed by atoms with Gasteiger partial charge in [-0.15, -0.1) is 0 Å². The standard InChI is InChI=1S/C19H25N3O3/c1-12-6-8-15(10-13(12)2)22-19(20)21-11-14-7-9-16(23-3)18(25-5)17(14)24-4/h6-10H,11H2,1-5H3,(H3,20,21,22). The lowest BCUT2D eigenvalue weighted by Gasteiger charge is -2.15. The first kappa shape index (κ1) is 18.4. The third kappa shape index (κ3) is 4.35. The highest BCUT2D eigenvalue weighted by atomic mass is 16.5. The summed E-state index contributed by atoms with van der Waals surface area (Å²) >= 11 is 0. The van der Waals surface area contributed by atoms with E-state index in [1.165, 1.54) is 11.1 Å². The molecule has 2 aromatic carbocycles. The number of guanidine groups is 1. The van der Waals surface area contributed by atoms with E-state index in [2.05, 4.69) is 24.2 Å². The van der Waals surface area contributed by atoms with Crippen molar-refractivity contribution >= 4 is 11.6 Å². The molecule has 0 aromatic heterocycles. The lowest BCUT2D eigenvalue weighted by Crippen LogP contribution is -2.22. The molecule has 6 heteroatoms. The maximum Gasteiger partial charge on any atom is 0.203 e. The van der Waals surface area contributed by atoms with Gasteiger partial charge >= 0.3 is 0 Å². The first-order chi connectivity index (χ1) is 12.0. The lowest BCUT2D eigenvalue weighted by molar-refractivity contribution is 0.322. The van der Waals surface area contributed by atoms with Gasteiger partial charge in [0.2, 0.25) is 5.75 Å². The van der Waals surface area contributed by atoms with E-state index >= 15 is 0 Å². The number of nitrogens with one attached hydrogen (secondary N) is 1. The van der Waals surface area contributed by atoms with Crippen LogP contribution >= 0.6 is 0 Å². The van der Waals surface area contributed by atoms with Gasteiger partial charge in [0.05, 0.1) is 27.9 Å². The van der Waals surface area contributed by atoms with Crippen molar-refractivity contribution in [3.63, 3.8) is 0 Å². The van der Waals surface area contributed by atoms with E-state index in [0.717, 1.165) is 11.3 Å². The van der Waals surface area contributed by atoms with Crippen LogP contribution in [0.4, 0.5) is 5.69 Å². The maximum atomic E-state index is 6.00. The predicted molar refractivity (Wildman–Crippen MR) is 101 cm³/mol. The molecule has 0 aliphatic heterocycles.